The minimum absolute atomic E-state index is 0.260. The highest BCUT2D eigenvalue weighted by Crippen LogP contribution is 2.35. The third-order valence-corrected chi connectivity index (χ3v) is 4.67. The molecule has 0 amide bonds. The van der Waals surface area contributed by atoms with E-state index in [9.17, 15) is 9.50 Å². The third-order valence-electron chi connectivity index (χ3n) is 2.83. The van der Waals surface area contributed by atoms with E-state index < -0.39 is 11.9 Å². The number of halogens is 4. The quantitative estimate of drug-likeness (QED) is 0.743. The third kappa shape index (κ3) is 3.17. The lowest BCUT2D eigenvalue weighted by atomic mass is 10.0. The first-order valence-corrected chi connectivity index (χ1v) is 7.56. The van der Waals surface area contributed by atoms with Crippen molar-refractivity contribution in [2.24, 2.45) is 0 Å². The molecule has 1 N–H and O–H groups in total. The summed E-state index contributed by atoms with van der Waals surface area (Å²) in [5, 5.41) is 10.9. The maximum absolute atomic E-state index is 13.5. The molecule has 1 atom stereocenters. The molecule has 20 heavy (non-hydrogen) atoms. The van der Waals surface area contributed by atoms with E-state index in [1.165, 1.54) is 19.2 Å². The summed E-state index contributed by atoms with van der Waals surface area (Å²) in [6.45, 7) is 0. The van der Waals surface area contributed by atoms with E-state index in [0.29, 0.717) is 16.1 Å². The lowest BCUT2D eigenvalue weighted by molar-refractivity contribution is 0.214. The number of hydrogen-bond acceptors (Lipinski definition) is 2. The van der Waals surface area contributed by atoms with Crippen molar-refractivity contribution in [1.29, 1.82) is 0 Å². The van der Waals surface area contributed by atoms with Crippen LogP contribution in [-0.4, -0.2) is 12.2 Å². The van der Waals surface area contributed by atoms with Gasteiger partial charge >= 0.3 is 0 Å². The van der Waals surface area contributed by atoms with Gasteiger partial charge in [0.25, 0.3) is 0 Å². The van der Waals surface area contributed by atoms with Crippen molar-refractivity contribution in [1.82, 2.24) is 0 Å². The predicted molar refractivity (Wildman–Crippen MR) is 83.9 cm³/mol. The SMILES string of the molecule is COc1cc(F)c(Br)cc1C(O)c1ccc(Br)c(Cl)c1. The largest absolute Gasteiger partial charge is 0.496 e. The van der Waals surface area contributed by atoms with Gasteiger partial charge in [0.1, 0.15) is 17.7 Å². The van der Waals surface area contributed by atoms with Crippen LogP contribution in [0.2, 0.25) is 5.02 Å². The second-order valence-electron chi connectivity index (χ2n) is 4.08. The Morgan fingerprint density at radius 2 is 1.90 bits per heavy atom. The molecule has 0 aliphatic carbocycles. The number of benzene rings is 2. The van der Waals surface area contributed by atoms with Crippen molar-refractivity contribution < 1.29 is 14.2 Å². The summed E-state index contributed by atoms with van der Waals surface area (Å²) in [5.41, 5.74) is 1.05. The van der Waals surface area contributed by atoms with E-state index in [-0.39, 0.29) is 10.2 Å². The Morgan fingerprint density at radius 1 is 1.20 bits per heavy atom. The number of methoxy groups -OCH3 is 1. The highest BCUT2D eigenvalue weighted by Gasteiger charge is 2.18. The molecule has 1 unspecified atom stereocenters. The first kappa shape index (κ1) is 15.8. The van der Waals surface area contributed by atoms with Crippen LogP contribution in [0.5, 0.6) is 5.75 Å². The van der Waals surface area contributed by atoms with Gasteiger partial charge in [0.05, 0.1) is 16.6 Å². The fourth-order valence-electron chi connectivity index (χ4n) is 1.80. The van der Waals surface area contributed by atoms with Crippen molar-refractivity contribution >= 4 is 43.5 Å². The van der Waals surface area contributed by atoms with Gasteiger partial charge in [-0.15, -0.1) is 0 Å². The molecule has 0 bridgehead atoms. The molecule has 106 valence electrons. The van der Waals surface area contributed by atoms with E-state index in [1.807, 2.05) is 0 Å². The lowest BCUT2D eigenvalue weighted by Crippen LogP contribution is -2.03. The molecular weight excluding hydrogens is 414 g/mol. The summed E-state index contributed by atoms with van der Waals surface area (Å²) in [6, 6.07) is 7.84. The van der Waals surface area contributed by atoms with Gasteiger partial charge in [0, 0.05) is 16.1 Å². The Bertz CT molecular complexity index is 649. The second kappa shape index (κ2) is 6.43. The molecule has 0 aliphatic rings. The average Bonchev–Trinajstić information content (AvgIpc) is 2.43. The van der Waals surface area contributed by atoms with Gasteiger partial charge in [-0.1, -0.05) is 17.7 Å². The van der Waals surface area contributed by atoms with Crippen molar-refractivity contribution in [2.75, 3.05) is 7.11 Å². The molecule has 0 radical (unpaired) electrons. The number of hydrogen-bond donors (Lipinski definition) is 1. The molecule has 0 saturated carbocycles. The van der Waals surface area contributed by atoms with E-state index in [0.717, 1.165) is 4.47 Å². The molecule has 2 rings (SSSR count). The zero-order valence-corrected chi connectivity index (χ0v) is 14.3. The Balaban J connectivity index is 2.49. The van der Waals surface area contributed by atoms with Crippen molar-refractivity contribution in [2.45, 2.75) is 6.10 Å². The summed E-state index contributed by atoms with van der Waals surface area (Å²) in [7, 11) is 1.42. The molecule has 6 heteroatoms. The molecule has 2 nitrogen and oxygen atoms in total. The molecule has 0 aliphatic heterocycles. The molecular formula is C14H10Br2ClFO2. The Kier molecular flexibility index (Phi) is 5.07. The minimum Gasteiger partial charge on any atom is -0.496 e. The van der Waals surface area contributed by atoms with Gasteiger partial charge in [-0.3, -0.25) is 0 Å². The Morgan fingerprint density at radius 3 is 2.50 bits per heavy atom. The standard InChI is InChI=1S/C14H10Br2ClFO2/c1-20-13-6-12(18)10(16)5-8(13)14(19)7-2-3-9(15)11(17)4-7/h2-6,14,19H,1H3. The summed E-state index contributed by atoms with van der Waals surface area (Å²) < 4.78 is 19.6. The lowest BCUT2D eigenvalue weighted by Gasteiger charge is -2.16. The highest BCUT2D eigenvalue weighted by molar-refractivity contribution is 9.10. The van der Waals surface area contributed by atoms with E-state index >= 15 is 0 Å². The van der Waals surface area contributed by atoms with Crippen LogP contribution in [0, 0.1) is 5.82 Å². The fraction of sp³-hybridized carbons (Fsp3) is 0.143. The first-order valence-electron chi connectivity index (χ1n) is 5.60. The highest BCUT2D eigenvalue weighted by atomic mass is 79.9. The molecule has 0 spiro atoms. The van der Waals surface area contributed by atoms with Crippen molar-refractivity contribution in [3.05, 3.63) is 61.2 Å². The van der Waals surface area contributed by atoms with Gasteiger partial charge in [0.15, 0.2) is 0 Å². The smallest absolute Gasteiger partial charge is 0.141 e. The molecule has 0 saturated heterocycles. The number of ether oxygens (including phenoxy) is 1. The Labute approximate surface area is 137 Å². The summed E-state index contributed by atoms with van der Waals surface area (Å²) in [6.07, 6.45) is -0.965. The normalized spacial score (nSPS) is 12.3. The topological polar surface area (TPSA) is 29.5 Å². The van der Waals surface area contributed by atoms with Crippen LogP contribution in [0.1, 0.15) is 17.2 Å². The van der Waals surface area contributed by atoms with Gasteiger partial charge in [0.2, 0.25) is 0 Å². The maximum atomic E-state index is 13.5. The summed E-state index contributed by atoms with van der Waals surface area (Å²) in [5.74, 6) is -0.177. The minimum atomic E-state index is -0.965. The monoisotopic (exact) mass is 422 g/mol. The summed E-state index contributed by atoms with van der Waals surface area (Å²) >= 11 is 12.4. The van der Waals surface area contributed by atoms with Gasteiger partial charge < -0.3 is 9.84 Å². The van der Waals surface area contributed by atoms with Crippen LogP contribution in [0.3, 0.4) is 0 Å². The van der Waals surface area contributed by atoms with E-state index in [1.54, 1.807) is 18.2 Å². The van der Waals surface area contributed by atoms with Crippen LogP contribution < -0.4 is 4.74 Å². The zero-order valence-electron chi connectivity index (χ0n) is 10.3. The fourth-order valence-corrected chi connectivity index (χ4v) is 2.59. The molecule has 0 heterocycles. The molecule has 0 fully saturated rings. The molecule has 2 aromatic rings. The predicted octanol–water partition coefficient (Wildman–Crippen LogP) is 5.09. The van der Waals surface area contributed by atoms with Crippen LogP contribution in [-0.2, 0) is 0 Å². The van der Waals surface area contributed by atoms with Crippen molar-refractivity contribution in [3.63, 3.8) is 0 Å². The number of rotatable bonds is 3. The first-order chi connectivity index (χ1) is 9.43. The zero-order chi connectivity index (χ0) is 14.9. The number of aliphatic hydroxyl groups is 1. The molecule has 0 aromatic heterocycles. The second-order valence-corrected chi connectivity index (χ2v) is 6.20. The maximum Gasteiger partial charge on any atom is 0.141 e. The van der Waals surface area contributed by atoms with Crippen LogP contribution in [0.4, 0.5) is 4.39 Å². The molecule has 2 aromatic carbocycles. The van der Waals surface area contributed by atoms with Crippen molar-refractivity contribution in [3.8, 4) is 5.75 Å². The van der Waals surface area contributed by atoms with Gasteiger partial charge in [-0.05, 0) is 55.6 Å². The van der Waals surface area contributed by atoms with Gasteiger partial charge in [-0.25, -0.2) is 4.39 Å². The Hall–Kier alpha value is -0.620. The van der Waals surface area contributed by atoms with E-state index in [2.05, 4.69) is 31.9 Å². The number of aliphatic hydroxyl groups excluding tert-OH is 1. The van der Waals surface area contributed by atoms with Crippen LogP contribution in [0.25, 0.3) is 0 Å². The van der Waals surface area contributed by atoms with Crippen LogP contribution in [0.15, 0.2) is 39.3 Å². The van der Waals surface area contributed by atoms with Gasteiger partial charge in [-0.2, -0.15) is 0 Å². The summed E-state index contributed by atoms with van der Waals surface area (Å²) in [4.78, 5) is 0. The van der Waals surface area contributed by atoms with E-state index in [4.69, 9.17) is 16.3 Å². The van der Waals surface area contributed by atoms with Crippen LogP contribution >= 0.6 is 43.5 Å². The average molecular weight is 424 g/mol.